The second-order valence-corrected chi connectivity index (χ2v) is 4.80. The molecule has 1 aromatic heterocycles. The highest BCUT2D eigenvalue weighted by molar-refractivity contribution is 5.55. The zero-order valence-corrected chi connectivity index (χ0v) is 12.2. The molecule has 5 nitrogen and oxygen atoms in total. The van der Waals surface area contributed by atoms with Gasteiger partial charge in [-0.1, -0.05) is 35.8 Å². The zero-order chi connectivity index (χ0) is 14.4. The molecule has 0 spiro atoms. The lowest BCUT2D eigenvalue weighted by Gasteiger charge is -2.14. The summed E-state index contributed by atoms with van der Waals surface area (Å²) in [5, 5.41) is 7.38. The van der Waals surface area contributed by atoms with Crippen LogP contribution >= 0.6 is 0 Å². The normalized spacial score (nSPS) is 12.6. The van der Waals surface area contributed by atoms with Crippen LogP contribution in [0.5, 0.6) is 0 Å². The lowest BCUT2D eigenvalue weighted by atomic mass is 10.1. The summed E-state index contributed by atoms with van der Waals surface area (Å²) in [5.41, 5.74) is 2.16. The first kappa shape index (κ1) is 14.7. The smallest absolute Gasteiger partial charge is 0.228 e. The quantitative estimate of drug-likeness (QED) is 0.839. The molecule has 20 heavy (non-hydrogen) atoms. The van der Waals surface area contributed by atoms with Crippen molar-refractivity contribution in [1.29, 1.82) is 0 Å². The maximum Gasteiger partial charge on any atom is 0.228 e. The van der Waals surface area contributed by atoms with E-state index in [1.54, 1.807) is 7.11 Å². The van der Waals surface area contributed by atoms with Gasteiger partial charge in [-0.25, -0.2) is 0 Å². The minimum absolute atomic E-state index is 0.191. The number of benzene rings is 1. The Morgan fingerprint density at radius 1 is 1.40 bits per heavy atom. The summed E-state index contributed by atoms with van der Waals surface area (Å²) in [6.45, 7) is 5.61. The number of nitrogens with zero attached hydrogens (tertiary/aromatic N) is 2. The van der Waals surface area contributed by atoms with Gasteiger partial charge in [0.2, 0.25) is 11.7 Å². The number of nitrogens with one attached hydrogen (secondary N) is 1. The molecule has 0 aliphatic carbocycles. The first-order valence-electron chi connectivity index (χ1n) is 6.85. The summed E-state index contributed by atoms with van der Waals surface area (Å²) < 4.78 is 10.5. The van der Waals surface area contributed by atoms with Gasteiger partial charge in [0.25, 0.3) is 0 Å². The van der Waals surface area contributed by atoms with Crippen molar-refractivity contribution in [2.45, 2.75) is 26.3 Å². The van der Waals surface area contributed by atoms with Crippen LogP contribution < -0.4 is 5.32 Å². The van der Waals surface area contributed by atoms with Crippen molar-refractivity contribution in [1.82, 2.24) is 15.5 Å². The van der Waals surface area contributed by atoms with Crippen LogP contribution in [0.15, 0.2) is 28.8 Å². The van der Waals surface area contributed by atoms with E-state index in [9.17, 15) is 0 Å². The van der Waals surface area contributed by atoms with E-state index >= 15 is 0 Å². The van der Waals surface area contributed by atoms with E-state index in [0.717, 1.165) is 12.1 Å². The molecule has 0 bridgehead atoms. The third-order valence-corrected chi connectivity index (χ3v) is 3.03. The number of hydrogen-bond acceptors (Lipinski definition) is 5. The van der Waals surface area contributed by atoms with Gasteiger partial charge in [-0.15, -0.1) is 0 Å². The van der Waals surface area contributed by atoms with Gasteiger partial charge in [-0.3, -0.25) is 0 Å². The average Bonchev–Trinajstić information content (AvgIpc) is 2.88. The largest absolute Gasteiger partial charge is 0.383 e. The van der Waals surface area contributed by atoms with Crippen molar-refractivity contribution < 1.29 is 9.26 Å². The second kappa shape index (κ2) is 7.17. The number of aromatic nitrogens is 2. The molecule has 108 valence electrons. The minimum atomic E-state index is 0.191. The van der Waals surface area contributed by atoms with E-state index < -0.39 is 0 Å². The van der Waals surface area contributed by atoms with E-state index in [2.05, 4.69) is 22.4 Å². The van der Waals surface area contributed by atoms with Crippen LogP contribution in [0.2, 0.25) is 0 Å². The van der Waals surface area contributed by atoms with Gasteiger partial charge in [-0.2, -0.15) is 4.98 Å². The highest BCUT2D eigenvalue weighted by Gasteiger charge is 2.14. The lowest BCUT2D eigenvalue weighted by molar-refractivity contribution is 0.162. The Bertz CT molecular complexity index is 533. The van der Waals surface area contributed by atoms with Crippen LogP contribution in [-0.4, -0.2) is 36.4 Å². The van der Waals surface area contributed by atoms with E-state index in [0.29, 0.717) is 24.7 Å². The van der Waals surface area contributed by atoms with Gasteiger partial charge < -0.3 is 14.6 Å². The Balaban J connectivity index is 2.08. The van der Waals surface area contributed by atoms with Gasteiger partial charge in [0.15, 0.2) is 0 Å². The molecule has 0 fully saturated rings. The number of likely N-dealkylation sites (N-methyl/N-ethyl adjacent to an activating group) is 1. The van der Waals surface area contributed by atoms with Gasteiger partial charge in [0.1, 0.15) is 0 Å². The van der Waals surface area contributed by atoms with Crippen molar-refractivity contribution in [2.24, 2.45) is 0 Å². The summed E-state index contributed by atoms with van der Waals surface area (Å²) in [7, 11) is 1.69. The fraction of sp³-hybridized carbons (Fsp3) is 0.467. The van der Waals surface area contributed by atoms with E-state index in [1.165, 1.54) is 5.56 Å². The van der Waals surface area contributed by atoms with Crippen LogP contribution in [0.3, 0.4) is 0 Å². The Morgan fingerprint density at radius 2 is 2.25 bits per heavy atom. The van der Waals surface area contributed by atoms with Crippen molar-refractivity contribution in [3.05, 3.63) is 35.7 Å². The third kappa shape index (κ3) is 3.88. The molecule has 0 radical (unpaired) electrons. The topological polar surface area (TPSA) is 60.2 Å². The van der Waals surface area contributed by atoms with Gasteiger partial charge in [0.05, 0.1) is 6.61 Å². The highest BCUT2D eigenvalue weighted by atomic mass is 16.5. The predicted molar refractivity (Wildman–Crippen MR) is 77.5 cm³/mol. The van der Waals surface area contributed by atoms with Crippen molar-refractivity contribution in [2.75, 3.05) is 20.3 Å². The monoisotopic (exact) mass is 275 g/mol. The van der Waals surface area contributed by atoms with Crippen molar-refractivity contribution in [3.8, 4) is 11.4 Å². The molecule has 1 atom stereocenters. The molecule has 0 amide bonds. The number of methoxy groups -OCH3 is 1. The fourth-order valence-corrected chi connectivity index (χ4v) is 2.13. The van der Waals surface area contributed by atoms with Crippen LogP contribution in [-0.2, 0) is 11.2 Å². The third-order valence-electron chi connectivity index (χ3n) is 3.03. The van der Waals surface area contributed by atoms with Gasteiger partial charge >= 0.3 is 0 Å². The Kier molecular flexibility index (Phi) is 5.26. The summed E-state index contributed by atoms with van der Waals surface area (Å²) in [6, 6.07) is 8.26. The average molecular weight is 275 g/mol. The van der Waals surface area contributed by atoms with E-state index in [1.807, 2.05) is 31.2 Å². The predicted octanol–water partition coefficient (Wildman–Crippen LogP) is 2.21. The number of hydrogen-bond donors (Lipinski definition) is 1. The minimum Gasteiger partial charge on any atom is -0.383 e. The molecule has 0 aliphatic rings. The Hall–Kier alpha value is -1.72. The molecule has 5 heteroatoms. The van der Waals surface area contributed by atoms with E-state index in [4.69, 9.17) is 9.26 Å². The molecule has 1 heterocycles. The summed E-state index contributed by atoms with van der Waals surface area (Å²) in [6.07, 6.45) is 0.667. The molecule has 2 rings (SSSR count). The molecule has 0 saturated heterocycles. The first-order chi connectivity index (χ1) is 9.72. The highest BCUT2D eigenvalue weighted by Crippen LogP contribution is 2.17. The van der Waals surface area contributed by atoms with Crippen LogP contribution in [0.4, 0.5) is 0 Å². The number of rotatable bonds is 7. The summed E-state index contributed by atoms with van der Waals surface area (Å²) in [5.74, 6) is 1.26. The summed E-state index contributed by atoms with van der Waals surface area (Å²) in [4.78, 5) is 4.45. The van der Waals surface area contributed by atoms with Crippen molar-refractivity contribution >= 4 is 0 Å². The molecule has 1 aromatic carbocycles. The maximum absolute atomic E-state index is 5.33. The Labute approximate surface area is 119 Å². The second-order valence-electron chi connectivity index (χ2n) is 4.80. The van der Waals surface area contributed by atoms with Gasteiger partial charge in [-0.05, 0) is 19.5 Å². The lowest BCUT2D eigenvalue weighted by Crippen LogP contribution is -2.35. The molecule has 1 unspecified atom stereocenters. The van der Waals surface area contributed by atoms with E-state index in [-0.39, 0.29) is 6.04 Å². The van der Waals surface area contributed by atoms with Crippen LogP contribution in [0.25, 0.3) is 11.4 Å². The zero-order valence-electron chi connectivity index (χ0n) is 12.2. The molecule has 2 aromatic rings. The SMILES string of the molecule is CCNC(COC)Cc1nc(-c2cccc(C)c2)no1. The summed E-state index contributed by atoms with van der Waals surface area (Å²) >= 11 is 0. The molecule has 0 aliphatic heterocycles. The fourth-order valence-electron chi connectivity index (χ4n) is 2.13. The first-order valence-corrected chi connectivity index (χ1v) is 6.85. The number of aryl methyl sites for hydroxylation is 1. The van der Waals surface area contributed by atoms with Crippen molar-refractivity contribution in [3.63, 3.8) is 0 Å². The standard InChI is InChI=1S/C15H21N3O2/c1-4-16-13(10-19-3)9-14-17-15(18-20-14)12-7-5-6-11(2)8-12/h5-8,13,16H,4,9-10H2,1-3H3. The van der Waals surface area contributed by atoms with Crippen LogP contribution in [0, 0.1) is 6.92 Å². The molecule has 1 N–H and O–H groups in total. The van der Waals surface area contributed by atoms with Crippen LogP contribution in [0.1, 0.15) is 18.4 Å². The maximum atomic E-state index is 5.33. The molecular weight excluding hydrogens is 254 g/mol. The number of ether oxygens (including phenoxy) is 1. The molecular formula is C15H21N3O2. The van der Waals surface area contributed by atoms with Gasteiger partial charge in [0, 0.05) is 25.1 Å². The Morgan fingerprint density at radius 3 is 2.95 bits per heavy atom. The molecule has 0 saturated carbocycles.